The molecule has 7 heteroatoms. The summed E-state index contributed by atoms with van der Waals surface area (Å²) in [6.07, 6.45) is 3.77. The van der Waals surface area contributed by atoms with E-state index in [9.17, 15) is 9.59 Å². The lowest BCUT2D eigenvalue weighted by atomic mass is 10.1. The van der Waals surface area contributed by atoms with E-state index in [4.69, 9.17) is 9.47 Å². The van der Waals surface area contributed by atoms with Crippen molar-refractivity contribution in [1.29, 1.82) is 0 Å². The number of nitrogens with zero attached hydrogens (tertiary/aromatic N) is 2. The average molecular weight is 431 g/mol. The second-order valence-corrected chi connectivity index (χ2v) is 8.86. The molecule has 1 aromatic rings. The van der Waals surface area contributed by atoms with Gasteiger partial charge in [0.05, 0.1) is 11.9 Å². The highest BCUT2D eigenvalue weighted by molar-refractivity contribution is 7.99. The zero-order valence-corrected chi connectivity index (χ0v) is 18.5. The fourth-order valence-electron chi connectivity index (χ4n) is 4.57. The quantitative estimate of drug-likeness (QED) is 0.623. The molecule has 2 fully saturated rings. The normalized spacial score (nSPS) is 23.2. The molecule has 4 rings (SSSR count). The van der Waals surface area contributed by atoms with Crippen LogP contribution < -0.4 is 0 Å². The van der Waals surface area contributed by atoms with Gasteiger partial charge < -0.3 is 19.3 Å². The number of ether oxygens (including phenoxy) is 2. The van der Waals surface area contributed by atoms with Crippen molar-refractivity contribution in [2.45, 2.75) is 51.5 Å². The predicted octanol–water partition coefficient (Wildman–Crippen LogP) is 2.92. The first-order chi connectivity index (χ1) is 14.6. The van der Waals surface area contributed by atoms with Crippen LogP contribution in [0.15, 0.2) is 29.8 Å². The third kappa shape index (κ3) is 4.15. The molecule has 0 aromatic heterocycles. The van der Waals surface area contributed by atoms with Crippen molar-refractivity contribution in [2.75, 3.05) is 31.4 Å². The van der Waals surface area contributed by atoms with Gasteiger partial charge in [0.1, 0.15) is 6.04 Å². The van der Waals surface area contributed by atoms with E-state index in [1.54, 1.807) is 16.7 Å². The molecule has 162 valence electrons. The maximum absolute atomic E-state index is 13.5. The maximum atomic E-state index is 13.5. The Balaban J connectivity index is 1.48. The maximum Gasteiger partial charge on any atom is 0.250 e. The van der Waals surface area contributed by atoms with Crippen LogP contribution in [0.2, 0.25) is 0 Å². The Morgan fingerprint density at radius 1 is 1.17 bits per heavy atom. The summed E-state index contributed by atoms with van der Waals surface area (Å²) in [6.45, 7) is 5.58. The lowest BCUT2D eigenvalue weighted by molar-refractivity contribution is -0.175. The summed E-state index contributed by atoms with van der Waals surface area (Å²) in [7, 11) is 0. The van der Waals surface area contributed by atoms with Crippen molar-refractivity contribution < 1.29 is 19.1 Å². The van der Waals surface area contributed by atoms with Gasteiger partial charge in [-0.25, -0.2) is 0 Å². The van der Waals surface area contributed by atoms with Crippen molar-refractivity contribution in [3.05, 3.63) is 41.0 Å². The summed E-state index contributed by atoms with van der Waals surface area (Å²) in [5, 5.41) is 0. The van der Waals surface area contributed by atoms with Crippen molar-refractivity contribution in [3.63, 3.8) is 0 Å². The number of thioether (sulfide) groups is 1. The van der Waals surface area contributed by atoms with Crippen LogP contribution in [0.5, 0.6) is 0 Å². The molecular weight excluding hydrogens is 400 g/mol. The zero-order valence-electron chi connectivity index (χ0n) is 17.7. The molecular formula is C23H30N2O4S. The lowest BCUT2D eigenvalue weighted by Gasteiger charge is -2.34. The number of rotatable bonds is 7. The SMILES string of the molecule is CCOC(OCC)[C@@H]1CSCN1C(=O)[C@@H]1CCCN1C(=O)C1=Cc2ccccc2C1. The first-order valence-electron chi connectivity index (χ1n) is 10.8. The number of benzene rings is 1. The highest BCUT2D eigenvalue weighted by Crippen LogP contribution is 2.32. The molecule has 0 unspecified atom stereocenters. The van der Waals surface area contributed by atoms with Crippen LogP contribution in [-0.2, 0) is 25.5 Å². The zero-order chi connectivity index (χ0) is 21.1. The highest BCUT2D eigenvalue weighted by Gasteiger charge is 2.43. The number of likely N-dealkylation sites (tertiary alicyclic amines) is 1. The lowest BCUT2D eigenvalue weighted by Crippen LogP contribution is -2.53. The van der Waals surface area contributed by atoms with Gasteiger partial charge in [-0.05, 0) is 43.9 Å². The van der Waals surface area contributed by atoms with Crippen molar-refractivity contribution in [1.82, 2.24) is 9.80 Å². The van der Waals surface area contributed by atoms with Crippen LogP contribution in [0.4, 0.5) is 0 Å². The molecule has 6 nitrogen and oxygen atoms in total. The molecule has 1 aliphatic carbocycles. The average Bonchev–Trinajstić information content (AvgIpc) is 3.51. The van der Waals surface area contributed by atoms with Crippen LogP contribution in [0.3, 0.4) is 0 Å². The highest BCUT2D eigenvalue weighted by atomic mass is 32.2. The Hall–Kier alpha value is -1.83. The molecule has 0 bridgehead atoms. The first kappa shape index (κ1) is 21.4. The second kappa shape index (κ2) is 9.54. The predicted molar refractivity (Wildman–Crippen MR) is 118 cm³/mol. The molecule has 0 saturated carbocycles. The van der Waals surface area contributed by atoms with E-state index in [0.717, 1.165) is 23.3 Å². The van der Waals surface area contributed by atoms with Gasteiger partial charge >= 0.3 is 0 Å². The summed E-state index contributed by atoms with van der Waals surface area (Å²) in [4.78, 5) is 30.5. The molecule has 3 aliphatic rings. The minimum atomic E-state index is -0.420. The second-order valence-electron chi connectivity index (χ2n) is 7.86. The van der Waals surface area contributed by atoms with Gasteiger partial charge in [-0.3, -0.25) is 9.59 Å². The van der Waals surface area contributed by atoms with Gasteiger partial charge in [0.2, 0.25) is 5.91 Å². The fraction of sp³-hybridized carbons (Fsp3) is 0.565. The molecule has 0 N–H and O–H groups in total. The van der Waals surface area contributed by atoms with Crippen LogP contribution in [0.1, 0.15) is 37.8 Å². The van der Waals surface area contributed by atoms with Crippen molar-refractivity contribution >= 4 is 29.7 Å². The number of fused-ring (bicyclic) bond motifs is 1. The molecule has 2 aliphatic heterocycles. The van der Waals surface area contributed by atoms with Crippen LogP contribution >= 0.6 is 11.8 Å². The van der Waals surface area contributed by atoms with Gasteiger partial charge in [-0.1, -0.05) is 24.3 Å². The topological polar surface area (TPSA) is 59.1 Å². The number of hydrogen-bond acceptors (Lipinski definition) is 5. The fourth-order valence-corrected chi connectivity index (χ4v) is 5.77. The van der Waals surface area contributed by atoms with E-state index in [1.165, 1.54) is 5.56 Å². The summed E-state index contributed by atoms with van der Waals surface area (Å²) in [5.74, 6) is 1.43. The molecule has 30 heavy (non-hydrogen) atoms. The number of carbonyl (C=O) groups excluding carboxylic acids is 2. The molecule has 0 spiro atoms. The van der Waals surface area contributed by atoms with E-state index < -0.39 is 12.3 Å². The summed E-state index contributed by atoms with van der Waals surface area (Å²) >= 11 is 1.71. The molecule has 2 atom stereocenters. The summed E-state index contributed by atoms with van der Waals surface area (Å²) < 4.78 is 11.6. The Morgan fingerprint density at radius 2 is 1.93 bits per heavy atom. The molecule has 2 saturated heterocycles. The van der Waals surface area contributed by atoms with E-state index >= 15 is 0 Å². The largest absolute Gasteiger partial charge is 0.351 e. The van der Waals surface area contributed by atoms with Gasteiger partial charge in [-0.2, -0.15) is 0 Å². The molecule has 0 radical (unpaired) electrons. The van der Waals surface area contributed by atoms with E-state index in [-0.39, 0.29) is 17.9 Å². The molecule has 2 amide bonds. The number of amides is 2. The standard InChI is InChI=1S/C23H30N2O4S/c1-3-28-23(29-4-2)20-14-30-15-25(20)22(27)19-10-7-11-24(19)21(26)18-12-16-8-5-6-9-17(16)13-18/h5-6,8-9,12,19-20,23H,3-4,7,10-11,13-15H2,1-2H3/t19-,20-/m0/s1. The third-order valence-corrected chi connectivity index (χ3v) is 7.06. The van der Waals surface area contributed by atoms with Gasteiger partial charge in [0.25, 0.3) is 5.91 Å². The van der Waals surface area contributed by atoms with E-state index in [2.05, 4.69) is 6.07 Å². The Labute approximate surface area is 182 Å². The van der Waals surface area contributed by atoms with Gasteiger partial charge in [-0.15, -0.1) is 11.8 Å². The van der Waals surface area contributed by atoms with Crippen LogP contribution in [0, 0.1) is 0 Å². The number of carbonyl (C=O) groups is 2. The monoisotopic (exact) mass is 430 g/mol. The first-order valence-corrected chi connectivity index (χ1v) is 12.0. The number of hydrogen-bond donors (Lipinski definition) is 0. The third-order valence-electron chi connectivity index (χ3n) is 6.02. The smallest absolute Gasteiger partial charge is 0.250 e. The Morgan fingerprint density at radius 3 is 2.67 bits per heavy atom. The molecule has 1 aromatic carbocycles. The van der Waals surface area contributed by atoms with Gasteiger partial charge in [0.15, 0.2) is 6.29 Å². The van der Waals surface area contributed by atoms with Crippen LogP contribution in [0.25, 0.3) is 6.08 Å². The minimum Gasteiger partial charge on any atom is -0.351 e. The summed E-state index contributed by atoms with van der Waals surface area (Å²) in [5.41, 5.74) is 3.06. The summed E-state index contributed by atoms with van der Waals surface area (Å²) in [6, 6.07) is 7.58. The van der Waals surface area contributed by atoms with Crippen LogP contribution in [-0.4, -0.2) is 71.4 Å². The van der Waals surface area contributed by atoms with Crippen molar-refractivity contribution in [3.8, 4) is 0 Å². The molecule has 2 heterocycles. The Bertz CT molecular complexity index is 821. The van der Waals surface area contributed by atoms with E-state index in [1.807, 2.05) is 43.0 Å². The van der Waals surface area contributed by atoms with Crippen molar-refractivity contribution in [2.24, 2.45) is 0 Å². The van der Waals surface area contributed by atoms with Gasteiger partial charge in [0, 0.05) is 37.5 Å². The minimum absolute atomic E-state index is 0.00313. The van der Waals surface area contributed by atoms with E-state index in [0.29, 0.717) is 38.5 Å². The Kier molecular flexibility index (Phi) is 6.80.